The van der Waals surface area contributed by atoms with Crippen LogP contribution in [-0.2, 0) is 14.3 Å². The molecular weight excluding hydrogens is 444 g/mol. The van der Waals surface area contributed by atoms with Crippen molar-refractivity contribution in [1.82, 2.24) is 0 Å². The van der Waals surface area contributed by atoms with E-state index in [2.05, 4.69) is 40.7 Å². The summed E-state index contributed by atoms with van der Waals surface area (Å²) in [7, 11) is 0. The molecule has 3 heteroatoms. The lowest BCUT2D eigenvalue weighted by Crippen LogP contribution is -2.51. The van der Waals surface area contributed by atoms with E-state index >= 15 is 0 Å². The normalized spacial score (nSPS) is 38.5. The number of esters is 1. The fraction of sp³-hybridized carbons (Fsp3) is 0.879. The lowest BCUT2D eigenvalue weighted by molar-refractivity contribution is -0.152. The quantitative estimate of drug-likeness (QED) is 0.223. The van der Waals surface area contributed by atoms with Gasteiger partial charge >= 0.3 is 5.97 Å². The number of ketones is 1. The van der Waals surface area contributed by atoms with Gasteiger partial charge in [-0.05, 0) is 91.3 Å². The van der Waals surface area contributed by atoms with E-state index in [1.165, 1.54) is 51.4 Å². The van der Waals surface area contributed by atoms with E-state index in [0.29, 0.717) is 18.3 Å². The van der Waals surface area contributed by atoms with E-state index in [1.54, 1.807) is 5.57 Å². The summed E-state index contributed by atoms with van der Waals surface area (Å²) < 4.78 is 5.86. The second-order valence-corrected chi connectivity index (χ2v) is 14.0. The minimum atomic E-state index is -0.187. The molecule has 8 atom stereocenters. The highest BCUT2D eigenvalue weighted by atomic mass is 16.5. The van der Waals surface area contributed by atoms with Gasteiger partial charge in [-0.1, -0.05) is 72.5 Å². The van der Waals surface area contributed by atoms with E-state index in [9.17, 15) is 9.59 Å². The molecular formula is C33H54O3. The Hall–Kier alpha value is -1.12. The highest BCUT2D eigenvalue weighted by Crippen LogP contribution is 2.67. The first-order valence-electron chi connectivity index (χ1n) is 15.5. The molecule has 0 N–H and O–H groups in total. The Bertz CT molecular complexity index is 827. The first-order valence-corrected chi connectivity index (χ1v) is 15.5. The Balaban J connectivity index is 1.38. The van der Waals surface area contributed by atoms with Gasteiger partial charge in [0.05, 0.1) is 6.42 Å². The van der Waals surface area contributed by atoms with Crippen molar-refractivity contribution >= 4 is 11.8 Å². The number of hydrogen-bond acceptors (Lipinski definition) is 3. The predicted octanol–water partition coefficient (Wildman–Crippen LogP) is 8.70. The highest BCUT2D eigenvalue weighted by molar-refractivity contribution is 5.82. The first kappa shape index (κ1) is 27.9. The Labute approximate surface area is 221 Å². The van der Waals surface area contributed by atoms with Crippen molar-refractivity contribution in [2.45, 2.75) is 138 Å². The van der Waals surface area contributed by atoms with Crippen LogP contribution in [-0.4, -0.2) is 17.9 Å². The lowest BCUT2D eigenvalue weighted by atomic mass is 9.47. The molecule has 0 heterocycles. The molecule has 0 unspecified atom stereocenters. The zero-order chi connectivity index (χ0) is 26.1. The molecule has 0 spiro atoms. The molecule has 36 heavy (non-hydrogen) atoms. The van der Waals surface area contributed by atoms with Crippen molar-refractivity contribution in [2.24, 2.45) is 46.3 Å². The van der Waals surface area contributed by atoms with Crippen LogP contribution in [0.5, 0.6) is 0 Å². The third-order valence-electron chi connectivity index (χ3n) is 11.6. The number of carbonyl (C=O) groups excluding carboxylic acids is 2. The summed E-state index contributed by atoms with van der Waals surface area (Å²) in [5.74, 6) is 5.07. The van der Waals surface area contributed by atoms with Crippen LogP contribution in [0, 0.1) is 46.3 Å². The third-order valence-corrected chi connectivity index (χ3v) is 11.6. The number of rotatable bonds is 10. The van der Waals surface area contributed by atoms with E-state index in [-0.39, 0.29) is 29.7 Å². The van der Waals surface area contributed by atoms with Crippen molar-refractivity contribution < 1.29 is 14.3 Å². The molecule has 0 amide bonds. The summed E-state index contributed by atoms with van der Waals surface area (Å²) in [6.45, 7) is 14.3. The summed E-state index contributed by atoms with van der Waals surface area (Å²) in [6.07, 6.45) is 17.7. The molecule has 3 nitrogen and oxygen atoms in total. The smallest absolute Gasteiger partial charge is 0.306 e. The SMILES string of the molecule is CCC(=O)CCC(=O)O[C@H]1CC[C@@]2(C)C(=CC[C@H]3[C@H]4CC[C@@H]([C@H](C)CCCC(C)C)[C@@]4(C)CC[C@@H]32)C1. The Morgan fingerprint density at radius 3 is 2.50 bits per heavy atom. The van der Waals surface area contributed by atoms with Gasteiger partial charge in [0.15, 0.2) is 0 Å². The minimum Gasteiger partial charge on any atom is -0.462 e. The van der Waals surface area contributed by atoms with Crippen LogP contribution in [0.2, 0.25) is 0 Å². The third kappa shape index (κ3) is 5.51. The Kier molecular flexibility index (Phi) is 8.77. The van der Waals surface area contributed by atoms with Gasteiger partial charge in [0.1, 0.15) is 11.9 Å². The highest BCUT2D eigenvalue weighted by Gasteiger charge is 2.59. The van der Waals surface area contributed by atoms with Crippen LogP contribution >= 0.6 is 0 Å². The van der Waals surface area contributed by atoms with Crippen LogP contribution < -0.4 is 0 Å². The van der Waals surface area contributed by atoms with E-state index in [1.807, 2.05) is 6.92 Å². The zero-order valence-electron chi connectivity index (χ0n) is 24.2. The lowest BCUT2D eigenvalue weighted by Gasteiger charge is -2.58. The van der Waals surface area contributed by atoms with Crippen LogP contribution in [0.3, 0.4) is 0 Å². The van der Waals surface area contributed by atoms with Gasteiger partial charge in [0, 0.05) is 19.3 Å². The van der Waals surface area contributed by atoms with Gasteiger partial charge in [-0.3, -0.25) is 9.59 Å². The molecule has 3 saturated carbocycles. The summed E-state index contributed by atoms with van der Waals surface area (Å²) in [5.41, 5.74) is 2.38. The van der Waals surface area contributed by atoms with Gasteiger partial charge in [-0.25, -0.2) is 0 Å². The maximum Gasteiger partial charge on any atom is 0.306 e. The maximum absolute atomic E-state index is 12.4. The maximum atomic E-state index is 12.4. The predicted molar refractivity (Wildman–Crippen MR) is 147 cm³/mol. The van der Waals surface area contributed by atoms with Crippen molar-refractivity contribution in [2.75, 3.05) is 0 Å². The average Bonchev–Trinajstić information content (AvgIpc) is 3.19. The second-order valence-electron chi connectivity index (χ2n) is 14.0. The molecule has 204 valence electrons. The van der Waals surface area contributed by atoms with Crippen molar-refractivity contribution in [3.8, 4) is 0 Å². The number of allylic oxidation sites excluding steroid dienone is 1. The van der Waals surface area contributed by atoms with Gasteiger partial charge < -0.3 is 4.74 Å². The standard InChI is InChI=1S/C33H54O3/c1-7-25(34)12-16-31(35)36-26-17-19-32(5)24(21-26)11-13-27-29-15-14-28(23(4)10-8-9-22(2)3)33(29,6)20-18-30(27)32/h11,22-23,26-30H,7-10,12-21H2,1-6H3/t23-,26+,27+,28+,29-,30+,32+,33-/m1/s1. The van der Waals surface area contributed by atoms with Crippen LogP contribution in [0.4, 0.5) is 0 Å². The topological polar surface area (TPSA) is 43.4 Å². The molecule has 0 aromatic carbocycles. The first-order chi connectivity index (χ1) is 17.1. The molecule has 0 bridgehead atoms. The Morgan fingerprint density at radius 2 is 1.78 bits per heavy atom. The number of Topliss-reactive ketones (excluding diaryl/α,β-unsaturated/α-hetero) is 1. The molecule has 0 aliphatic heterocycles. The number of hydrogen-bond donors (Lipinski definition) is 0. The molecule has 4 rings (SSSR count). The fourth-order valence-corrected chi connectivity index (χ4v) is 9.42. The van der Waals surface area contributed by atoms with Gasteiger partial charge in [-0.2, -0.15) is 0 Å². The monoisotopic (exact) mass is 498 g/mol. The van der Waals surface area contributed by atoms with E-state index in [0.717, 1.165) is 54.8 Å². The molecule has 0 saturated heterocycles. The molecule has 4 aliphatic rings. The zero-order valence-corrected chi connectivity index (χ0v) is 24.2. The van der Waals surface area contributed by atoms with Crippen molar-refractivity contribution in [3.05, 3.63) is 11.6 Å². The Morgan fingerprint density at radius 1 is 1.00 bits per heavy atom. The van der Waals surface area contributed by atoms with Gasteiger partial charge in [0.25, 0.3) is 0 Å². The molecule has 0 aromatic heterocycles. The molecule has 0 aromatic rings. The van der Waals surface area contributed by atoms with Gasteiger partial charge in [0.2, 0.25) is 0 Å². The van der Waals surface area contributed by atoms with E-state index in [4.69, 9.17) is 4.74 Å². The van der Waals surface area contributed by atoms with E-state index < -0.39 is 0 Å². The molecule has 0 radical (unpaired) electrons. The van der Waals surface area contributed by atoms with Crippen molar-refractivity contribution in [3.63, 3.8) is 0 Å². The summed E-state index contributed by atoms with van der Waals surface area (Å²) in [6, 6.07) is 0. The minimum absolute atomic E-state index is 0.00140. The second kappa shape index (κ2) is 11.3. The summed E-state index contributed by atoms with van der Waals surface area (Å²) in [5, 5.41) is 0. The summed E-state index contributed by atoms with van der Waals surface area (Å²) in [4.78, 5) is 23.9. The number of carbonyl (C=O) groups is 2. The van der Waals surface area contributed by atoms with Crippen molar-refractivity contribution in [1.29, 1.82) is 0 Å². The van der Waals surface area contributed by atoms with Crippen LogP contribution in [0.25, 0.3) is 0 Å². The van der Waals surface area contributed by atoms with Gasteiger partial charge in [-0.15, -0.1) is 0 Å². The number of ether oxygens (including phenoxy) is 1. The van der Waals surface area contributed by atoms with Crippen LogP contribution in [0.15, 0.2) is 11.6 Å². The van der Waals surface area contributed by atoms with Crippen LogP contribution in [0.1, 0.15) is 131 Å². The molecule has 3 fully saturated rings. The average molecular weight is 499 g/mol. The number of fused-ring (bicyclic) bond motifs is 5. The molecule has 4 aliphatic carbocycles. The fourth-order valence-electron chi connectivity index (χ4n) is 9.42. The largest absolute Gasteiger partial charge is 0.462 e. The summed E-state index contributed by atoms with van der Waals surface area (Å²) >= 11 is 0.